The molecule has 2 rings (SSSR count). The lowest BCUT2D eigenvalue weighted by atomic mass is 10.1. The van der Waals surface area contributed by atoms with Crippen molar-refractivity contribution in [1.29, 1.82) is 10.5 Å². The summed E-state index contributed by atoms with van der Waals surface area (Å²) >= 11 is 1.42. The van der Waals surface area contributed by atoms with E-state index in [0.29, 0.717) is 21.8 Å². The monoisotopic (exact) mass is 280 g/mol. The van der Waals surface area contributed by atoms with Crippen molar-refractivity contribution in [1.82, 2.24) is 0 Å². The quantitative estimate of drug-likeness (QED) is 0.855. The van der Waals surface area contributed by atoms with Gasteiger partial charge in [-0.3, -0.25) is 0 Å². The third-order valence-electron chi connectivity index (χ3n) is 2.78. The van der Waals surface area contributed by atoms with Crippen LogP contribution >= 0.6 is 11.8 Å². The van der Waals surface area contributed by atoms with Gasteiger partial charge in [0, 0.05) is 9.79 Å². The molecule has 0 aliphatic carbocycles. The number of hydrogen-bond donors (Lipinski definition) is 0. The first-order valence-electron chi connectivity index (χ1n) is 5.94. The van der Waals surface area contributed by atoms with E-state index in [4.69, 9.17) is 4.74 Å². The molecule has 0 fully saturated rings. The van der Waals surface area contributed by atoms with E-state index in [2.05, 4.69) is 12.1 Å². The van der Waals surface area contributed by atoms with Gasteiger partial charge < -0.3 is 4.74 Å². The van der Waals surface area contributed by atoms with Gasteiger partial charge in [0.25, 0.3) is 0 Å². The molecule has 0 aliphatic heterocycles. The first-order valence-corrected chi connectivity index (χ1v) is 6.76. The molecule has 0 heterocycles. The van der Waals surface area contributed by atoms with E-state index < -0.39 is 0 Å². The average Bonchev–Trinajstić information content (AvgIpc) is 2.49. The summed E-state index contributed by atoms with van der Waals surface area (Å²) in [6.07, 6.45) is 0. The molecular formula is C16H12N2OS. The van der Waals surface area contributed by atoms with E-state index in [-0.39, 0.29) is 0 Å². The van der Waals surface area contributed by atoms with Gasteiger partial charge in [0.1, 0.15) is 17.9 Å². The molecule has 0 aromatic heterocycles. The Balaban J connectivity index is 2.48. The molecule has 0 bridgehead atoms. The molecule has 20 heavy (non-hydrogen) atoms. The topological polar surface area (TPSA) is 56.8 Å². The summed E-state index contributed by atoms with van der Waals surface area (Å²) in [5, 5.41) is 18.5. The number of benzene rings is 2. The van der Waals surface area contributed by atoms with Crippen LogP contribution in [-0.4, -0.2) is 7.11 Å². The second kappa shape index (κ2) is 6.14. The molecule has 4 heteroatoms. The van der Waals surface area contributed by atoms with Crippen molar-refractivity contribution in [2.75, 3.05) is 7.11 Å². The Morgan fingerprint density at radius 2 is 1.55 bits per heavy atom. The van der Waals surface area contributed by atoms with E-state index >= 15 is 0 Å². The fourth-order valence-electron chi connectivity index (χ4n) is 1.72. The number of hydrogen-bond acceptors (Lipinski definition) is 4. The van der Waals surface area contributed by atoms with Crippen LogP contribution < -0.4 is 4.74 Å². The fraction of sp³-hybridized carbons (Fsp3) is 0.125. The van der Waals surface area contributed by atoms with Crippen LogP contribution in [0.5, 0.6) is 5.75 Å². The summed E-state index contributed by atoms with van der Waals surface area (Å²) in [7, 11) is 1.52. The maximum Gasteiger partial charge on any atom is 0.121 e. The van der Waals surface area contributed by atoms with E-state index in [0.717, 1.165) is 4.90 Å². The Kier molecular flexibility index (Phi) is 4.30. The Morgan fingerprint density at radius 1 is 1.00 bits per heavy atom. The van der Waals surface area contributed by atoms with Crippen LogP contribution in [0.1, 0.15) is 16.7 Å². The summed E-state index contributed by atoms with van der Waals surface area (Å²) in [6.45, 7) is 2.02. The van der Waals surface area contributed by atoms with Gasteiger partial charge in [0.2, 0.25) is 0 Å². The SMILES string of the molecule is COc1cc(C#N)c(Sc2ccc(C)cc2)c(C#N)c1. The number of ether oxygens (including phenoxy) is 1. The van der Waals surface area contributed by atoms with Crippen LogP contribution in [0, 0.1) is 29.6 Å². The van der Waals surface area contributed by atoms with Crippen LogP contribution in [0.3, 0.4) is 0 Å². The average molecular weight is 280 g/mol. The highest BCUT2D eigenvalue weighted by Gasteiger charge is 2.13. The van der Waals surface area contributed by atoms with E-state index in [1.54, 1.807) is 12.1 Å². The molecule has 0 saturated carbocycles. The maximum absolute atomic E-state index is 9.25. The first-order chi connectivity index (χ1) is 9.67. The number of aryl methyl sites for hydroxylation is 1. The normalized spacial score (nSPS) is 9.60. The molecule has 0 spiro atoms. The smallest absolute Gasteiger partial charge is 0.121 e. The third kappa shape index (κ3) is 2.93. The predicted molar refractivity (Wildman–Crippen MR) is 77.7 cm³/mol. The largest absolute Gasteiger partial charge is 0.497 e. The van der Waals surface area contributed by atoms with Gasteiger partial charge in [-0.2, -0.15) is 10.5 Å². The number of nitriles is 2. The zero-order chi connectivity index (χ0) is 14.5. The molecule has 0 N–H and O–H groups in total. The minimum absolute atomic E-state index is 0.450. The summed E-state index contributed by atoms with van der Waals surface area (Å²) in [5.74, 6) is 0.520. The Bertz CT molecular complexity index is 674. The van der Waals surface area contributed by atoms with Gasteiger partial charge in [0.05, 0.1) is 18.2 Å². The van der Waals surface area contributed by atoms with Crippen LogP contribution in [0.4, 0.5) is 0 Å². The lowest BCUT2D eigenvalue weighted by Crippen LogP contribution is -1.91. The lowest BCUT2D eigenvalue weighted by molar-refractivity contribution is 0.414. The Hall–Kier alpha value is -2.43. The van der Waals surface area contributed by atoms with E-state index in [9.17, 15) is 10.5 Å². The molecule has 0 amide bonds. The van der Waals surface area contributed by atoms with Gasteiger partial charge in [-0.1, -0.05) is 29.5 Å². The molecular weight excluding hydrogens is 268 g/mol. The van der Waals surface area contributed by atoms with Gasteiger partial charge >= 0.3 is 0 Å². The number of nitrogens with zero attached hydrogens (tertiary/aromatic N) is 2. The van der Waals surface area contributed by atoms with E-state index in [1.165, 1.54) is 24.4 Å². The number of rotatable bonds is 3. The lowest BCUT2D eigenvalue weighted by Gasteiger charge is -2.09. The predicted octanol–water partition coefficient (Wildman–Crippen LogP) is 3.90. The highest BCUT2D eigenvalue weighted by molar-refractivity contribution is 7.99. The molecule has 3 nitrogen and oxygen atoms in total. The maximum atomic E-state index is 9.25. The molecule has 0 atom stereocenters. The highest BCUT2D eigenvalue weighted by Crippen LogP contribution is 2.35. The second-order valence-electron chi connectivity index (χ2n) is 4.19. The van der Waals surface area contributed by atoms with Crippen LogP contribution in [-0.2, 0) is 0 Å². The van der Waals surface area contributed by atoms with Gasteiger partial charge in [-0.15, -0.1) is 0 Å². The van der Waals surface area contributed by atoms with E-state index in [1.807, 2.05) is 31.2 Å². The second-order valence-corrected chi connectivity index (χ2v) is 5.27. The standard InChI is InChI=1S/C16H12N2OS/c1-11-3-5-15(6-4-11)20-16-12(9-17)7-14(19-2)8-13(16)10-18/h3-8H,1-2H3. The molecule has 0 aliphatic rings. The molecule has 98 valence electrons. The van der Waals surface area contributed by atoms with Gasteiger partial charge in [-0.05, 0) is 31.2 Å². The molecule has 2 aromatic carbocycles. The number of methoxy groups -OCH3 is 1. The van der Waals surface area contributed by atoms with Crippen molar-refractivity contribution in [2.24, 2.45) is 0 Å². The van der Waals surface area contributed by atoms with Gasteiger partial charge in [0.15, 0.2) is 0 Å². The van der Waals surface area contributed by atoms with Crippen LogP contribution in [0.2, 0.25) is 0 Å². The summed E-state index contributed by atoms with van der Waals surface area (Å²) in [5.41, 5.74) is 2.07. The van der Waals surface area contributed by atoms with Crippen LogP contribution in [0.15, 0.2) is 46.2 Å². The molecule has 2 aromatic rings. The zero-order valence-electron chi connectivity index (χ0n) is 11.2. The van der Waals surface area contributed by atoms with Crippen LogP contribution in [0.25, 0.3) is 0 Å². The third-order valence-corrected chi connectivity index (χ3v) is 3.93. The summed E-state index contributed by atoms with van der Waals surface area (Å²) in [6, 6.07) is 15.5. The highest BCUT2D eigenvalue weighted by atomic mass is 32.2. The van der Waals surface area contributed by atoms with Crippen molar-refractivity contribution < 1.29 is 4.74 Å². The van der Waals surface area contributed by atoms with Crippen molar-refractivity contribution in [3.8, 4) is 17.9 Å². The van der Waals surface area contributed by atoms with Crippen molar-refractivity contribution in [2.45, 2.75) is 16.7 Å². The summed E-state index contributed by atoms with van der Waals surface area (Å²) in [4.78, 5) is 1.66. The summed E-state index contributed by atoms with van der Waals surface area (Å²) < 4.78 is 5.11. The minimum atomic E-state index is 0.450. The molecule has 0 unspecified atom stereocenters. The van der Waals surface area contributed by atoms with Crippen molar-refractivity contribution in [3.63, 3.8) is 0 Å². The Morgan fingerprint density at radius 3 is 2.00 bits per heavy atom. The van der Waals surface area contributed by atoms with Crippen molar-refractivity contribution in [3.05, 3.63) is 53.1 Å². The molecule has 0 saturated heterocycles. The molecule has 0 radical (unpaired) electrons. The van der Waals surface area contributed by atoms with Crippen molar-refractivity contribution >= 4 is 11.8 Å². The van der Waals surface area contributed by atoms with Gasteiger partial charge in [-0.25, -0.2) is 0 Å². The fourth-order valence-corrected chi connectivity index (χ4v) is 2.66. The first kappa shape index (κ1) is 14.0. The minimum Gasteiger partial charge on any atom is -0.497 e. The Labute approximate surface area is 122 Å². The zero-order valence-corrected chi connectivity index (χ0v) is 12.0.